The van der Waals surface area contributed by atoms with Gasteiger partial charge in [0.2, 0.25) is 5.71 Å². The van der Waals surface area contributed by atoms with Gasteiger partial charge >= 0.3 is 0 Å². The molecule has 17 heteroatoms. The minimum atomic E-state index is -0.668. The van der Waals surface area contributed by atoms with Gasteiger partial charge in [-0.1, -0.05) is 105 Å². The number of halogens is 4. The molecule has 0 saturated carbocycles. The number of furan rings is 1. The van der Waals surface area contributed by atoms with E-state index in [0.29, 0.717) is 17.1 Å². The maximum atomic E-state index is 14.9. The Kier molecular flexibility index (Phi) is 12.2. The van der Waals surface area contributed by atoms with Crippen LogP contribution in [-0.2, 0) is 20.9 Å². The Bertz CT molecular complexity index is 3580. The smallest absolute Gasteiger partial charge is 0.227 e. The van der Waals surface area contributed by atoms with Gasteiger partial charge in [-0.05, 0) is 95.4 Å². The minimum absolute atomic E-state index is 0.231. The molecule has 10 aromatic rings. The number of rotatable bonds is 11. The van der Waals surface area contributed by atoms with Crippen molar-refractivity contribution >= 4 is 84.8 Å². The molecule has 5 heterocycles. The monoisotopic (exact) mass is 942 g/mol. The zero-order chi connectivity index (χ0) is 50.9. The fourth-order valence-corrected chi connectivity index (χ4v) is 9.86. The Morgan fingerprint density at radius 1 is 0.403 bits per heavy atom. The highest BCUT2D eigenvalue weighted by atomic mass is 19.1. The Labute approximate surface area is 424 Å². The molecule has 10 rings (SSSR count). The molecule has 5 aromatic heterocycles. The van der Waals surface area contributed by atoms with Gasteiger partial charge in [0.15, 0.2) is 0 Å². The maximum absolute atomic E-state index is 14.9. The highest BCUT2D eigenvalue weighted by molar-refractivity contribution is 6.55. The molecule has 0 N–H and O–H groups in total. The van der Waals surface area contributed by atoms with E-state index in [0.717, 1.165) is 89.9 Å². The van der Waals surface area contributed by atoms with Gasteiger partial charge in [-0.15, -0.1) is 0 Å². The highest BCUT2D eigenvalue weighted by Gasteiger charge is 2.43. The Morgan fingerprint density at radius 3 is 1.39 bits per heavy atom. The topological polar surface area (TPSA) is 64.7 Å². The third-order valence-electron chi connectivity index (χ3n) is 16.0. The molecule has 0 radical (unpaired) electrons. The van der Waals surface area contributed by atoms with E-state index >= 15 is 0 Å². The summed E-state index contributed by atoms with van der Waals surface area (Å²) in [7, 11) is 17.8. The molecule has 72 heavy (non-hydrogen) atoms. The van der Waals surface area contributed by atoms with Crippen molar-refractivity contribution in [1.29, 1.82) is 0 Å². The van der Waals surface area contributed by atoms with Crippen molar-refractivity contribution in [3.63, 3.8) is 0 Å². The van der Waals surface area contributed by atoms with Crippen LogP contribution in [0, 0.1) is 30.2 Å². The molecular formula is C55H46B8F4N4O. The number of hydrogen-bond donors (Lipinski definition) is 0. The van der Waals surface area contributed by atoms with Crippen LogP contribution in [0.4, 0.5) is 17.6 Å². The SMILES string of the molecule is BC(B)(c1ccc(-c2ccc(F)cc2F)nc1)C(B)(B)c1cc(-c2ccccc2-c2ccc(-c3cccc4c3oc3nc(C)ccc34)nc2)cc(C(B)(B)C(B)(B)c2ccc(-c3ccc(F)cc3F)nc2)c1. The summed E-state index contributed by atoms with van der Waals surface area (Å²) < 4.78 is 63.8. The number of para-hydroxylation sites is 1. The molecule has 0 spiro atoms. The predicted molar refractivity (Wildman–Crippen MR) is 305 cm³/mol. The lowest BCUT2D eigenvalue weighted by Crippen LogP contribution is -2.53. The molecule has 0 saturated heterocycles. The van der Waals surface area contributed by atoms with E-state index in [-0.39, 0.29) is 11.1 Å². The second-order valence-electron chi connectivity index (χ2n) is 21.0. The summed E-state index contributed by atoms with van der Waals surface area (Å²) in [5, 5.41) is -0.169. The molecule has 5 aromatic carbocycles. The third-order valence-corrected chi connectivity index (χ3v) is 16.0. The molecule has 0 aliphatic heterocycles. The number of pyridine rings is 4. The number of fused-ring (bicyclic) bond motifs is 3. The minimum Gasteiger partial charge on any atom is -0.437 e. The number of aryl methyl sites for hydroxylation is 1. The fourth-order valence-electron chi connectivity index (χ4n) is 9.86. The molecule has 0 unspecified atom stereocenters. The van der Waals surface area contributed by atoms with Crippen LogP contribution in [0.3, 0.4) is 0 Å². The van der Waals surface area contributed by atoms with E-state index in [1.54, 1.807) is 24.5 Å². The predicted octanol–water partition coefficient (Wildman–Crippen LogP) is 5.44. The first-order valence-corrected chi connectivity index (χ1v) is 24.1. The molecule has 0 atom stereocenters. The van der Waals surface area contributed by atoms with E-state index in [1.807, 2.05) is 55.6 Å². The summed E-state index contributed by atoms with van der Waals surface area (Å²) in [6, 6.07) is 44.2. The highest BCUT2D eigenvalue weighted by Crippen LogP contribution is 2.44. The lowest BCUT2D eigenvalue weighted by molar-refractivity contribution is 0.584. The average Bonchev–Trinajstić information content (AvgIpc) is 3.74. The standard InChI is InChI=1S/C55H46B8F4N4O/c1-29-9-15-41-40-7-4-8-44(50(40)72-51(41)71-29)49-18-10-30(26-68-49)38-5-2-3-6-39(38)31-21-34(54(60,61)52(56,57)32-11-19-47(69-27-32)42-16-13-36(64)24-45(42)66)23-35(22-31)55(62,63)53(58,59)33-12-20-48(70-28-33)43-17-14-37(65)25-46(43)67/h2-28H,56-63H2,1H3. The van der Waals surface area contributed by atoms with Crippen LogP contribution in [0.25, 0.3) is 78.1 Å². The Hall–Kier alpha value is -7.26. The van der Waals surface area contributed by atoms with Crippen LogP contribution < -0.4 is 0 Å². The van der Waals surface area contributed by atoms with Crippen LogP contribution in [0.2, 0.25) is 0 Å². The van der Waals surface area contributed by atoms with E-state index in [2.05, 4.69) is 122 Å². The van der Waals surface area contributed by atoms with Crippen LogP contribution in [-0.4, -0.2) is 82.7 Å². The van der Waals surface area contributed by atoms with Gasteiger partial charge in [-0.3, -0.25) is 15.0 Å². The lowest BCUT2D eigenvalue weighted by atomic mass is 9.25. The first kappa shape index (κ1) is 48.4. The van der Waals surface area contributed by atoms with Gasteiger partial charge in [-0.25, -0.2) is 22.5 Å². The van der Waals surface area contributed by atoms with Gasteiger partial charge in [0.1, 0.15) is 91.6 Å². The Balaban J connectivity index is 1.07. The second-order valence-corrected chi connectivity index (χ2v) is 21.0. The molecular weight excluding hydrogens is 895 g/mol. The van der Waals surface area contributed by atoms with Crippen molar-refractivity contribution < 1.29 is 22.0 Å². The van der Waals surface area contributed by atoms with Crippen LogP contribution in [0.1, 0.15) is 27.9 Å². The lowest BCUT2D eigenvalue weighted by Gasteiger charge is -2.47. The van der Waals surface area contributed by atoms with Gasteiger partial charge in [0.05, 0.1) is 17.1 Å². The average molecular weight is 941 g/mol. The first-order valence-electron chi connectivity index (χ1n) is 24.1. The zero-order valence-electron chi connectivity index (χ0n) is 41.8. The summed E-state index contributed by atoms with van der Waals surface area (Å²) in [5.74, 6) is -2.62. The summed E-state index contributed by atoms with van der Waals surface area (Å²) in [6.07, 6.45) is 5.51. The number of hydrogen-bond acceptors (Lipinski definition) is 5. The molecule has 0 bridgehead atoms. The first-order chi connectivity index (χ1) is 34.2. The van der Waals surface area contributed by atoms with Crippen molar-refractivity contribution in [2.75, 3.05) is 0 Å². The van der Waals surface area contributed by atoms with Crippen molar-refractivity contribution in [3.8, 4) is 56.0 Å². The van der Waals surface area contributed by atoms with Gasteiger partial charge < -0.3 is 4.42 Å². The number of benzene rings is 5. The normalized spacial score (nSPS) is 12.4. The third kappa shape index (κ3) is 8.40. The summed E-state index contributed by atoms with van der Waals surface area (Å²) in [4.78, 5) is 19.1. The molecule has 0 amide bonds. The van der Waals surface area contributed by atoms with Crippen molar-refractivity contribution in [2.24, 2.45) is 0 Å². The second kappa shape index (κ2) is 18.1. The molecule has 5 nitrogen and oxygen atoms in total. The summed E-state index contributed by atoms with van der Waals surface area (Å²) in [6.45, 7) is 1.95. The molecule has 0 fully saturated rings. The summed E-state index contributed by atoms with van der Waals surface area (Å²) in [5.41, 5.74) is 13.3. The Morgan fingerprint density at radius 2 is 0.889 bits per heavy atom. The fraction of sp³-hybridized carbons (Fsp3) is 0.0909. The zero-order valence-corrected chi connectivity index (χ0v) is 41.8. The van der Waals surface area contributed by atoms with Crippen LogP contribution >= 0.6 is 0 Å². The van der Waals surface area contributed by atoms with Crippen molar-refractivity contribution in [3.05, 3.63) is 215 Å². The van der Waals surface area contributed by atoms with Crippen LogP contribution in [0.5, 0.6) is 0 Å². The van der Waals surface area contributed by atoms with Gasteiger partial charge in [0.25, 0.3) is 0 Å². The van der Waals surface area contributed by atoms with Crippen LogP contribution in [0.15, 0.2) is 169 Å². The quantitative estimate of drug-likeness (QED) is 0.128. The maximum Gasteiger partial charge on any atom is 0.227 e. The molecule has 0 aliphatic rings. The molecule has 344 valence electrons. The van der Waals surface area contributed by atoms with E-state index in [1.165, 1.54) is 24.3 Å². The van der Waals surface area contributed by atoms with Gasteiger partial charge in [-0.2, -0.15) is 0 Å². The molecule has 0 aliphatic carbocycles. The number of nitrogens with zero attached hydrogens (tertiary/aromatic N) is 4. The van der Waals surface area contributed by atoms with E-state index in [9.17, 15) is 17.6 Å². The largest absolute Gasteiger partial charge is 0.437 e. The van der Waals surface area contributed by atoms with E-state index < -0.39 is 44.1 Å². The summed E-state index contributed by atoms with van der Waals surface area (Å²) >= 11 is 0. The van der Waals surface area contributed by atoms with Gasteiger partial charge in [0, 0.05) is 69.4 Å². The van der Waals surface area contributed by atoms with E-state index in [4.69, 9.17) is 19.4 Å². The van der Waals surface area contributed by atoms with Crippen molar-refractivity contribution in [2.45, 2.75) is 27.8 Å². The van der Waals surface area contributed by atoms with Crippen molar-refractivity contribution in [1.82, 2.24) is 19.9 Å². The number of aromatic nitrogens is 4.